The SMILES string of the molecule is Cc1ccc(NC(=O)C2CCN(C(=O)c3cccs3)CC2)c(Br)c1. The van der Waals surface area contributed by atoms with E-state index >= 15 is 0 Å². The van der Waals surface area contributed by atoms with Crippen LogP contribution >= 0.6 is 27.3 Å². The van der Waals surface area contributed by atoms with Gasteiger partial charge in [0.15, 0.2) is 0 Å². The Morgan fingerprint density at radius 1 is 1.25 bits per heavy atom. The summed E-state index contributed by atoms with van der Waals surface area (Å²) in [5.41, 5.74) is 1.93. The molecule has 1 aliphatic heterocycles. The van der Waals surface area contributed by atoms with E-state index in [2.05, 4.69) is 21.2 Å². The van der Waals surface area contributed by atoms with Crippen LogP contribution in [0.3, 0.4) is 0 Å². The van der Waals surface area contributed by atoms with Crippen molar-refractivity contribution in [3.63, 3.8) is 0 Å². The minimum Gasteiger partial charge on any atom is -0.338 e. The van der Waals surface area contributed by atoms with Crippen LogP contribution in [0, 0.1) is 12.8 Å². The first-order valence-corrected chi connectivity index (χ1v) is 9.61. The molecule has 1 fully saturated rings. The zero-order chi connectivity index (χ0) is 17.1. The van der Waals surface area contributed by atoms with Gasteiger partial charge in [-0.3, -0.25) is 9.59 Å². The van der Waals surface area contributed by atoms with Gasteiger partial charge in [0.05, 0.1) is 10.6 Å². The van der Waals surface area contributed by atoms with E-state index in [1.807, 2.05) is 47.5 Å². The van der Waals surface area contributed by atoms with Crippen molar-refractivity contribution in [2.45, 2.75) is 19.8 Å². The van der Waals surface area contributed by atoms with Gasteiger partial charge in [-0.15, -0.1) is 11.3 Å². The number of nitrogens with one attached hydrogen (secondary N) is 1. The van der Waals surface area contributed by atoms with Crippen LogP contribution in [-0.4, -0.2) is 29.8 Å². The lowest BCUT2D eigenvalue weighted by Crippen LogP contribution is -2.41. The normalized spacial score (nSPS) is 15.3. The number of nitrogens with zero attached hydrogens (tertiary/aromatic N) is 1. The van der Waals surface area contributed by atoms with E-state index in [0.29, 0.717) is 25.9 Å². The van der Waals surface area contributed by atoms with E-state index in [9.17, 15) is 9.59 Å². The van der Waals surface area contributed by atoms with Crippen LogP contribution in [0.5, 0.6) is 0 Å². The fourth-order valence-corrected chi connectivity index (χ4v) is 4.14. The highest BCUT2D eigenvalue weighted by Crippen LogP contribution is 2.26. The van der Waals surface area contributed by atoms with Crippen molar-refractivity contribution in [2.24, 2.45) is 5.92 Å². The summed E-state index contributed by atoms with van der Waals surface area (Å²) in [4.78, 5) is 27.4. The molecule has 0 bridgehead atoms. The molecule has 1 aromatic heterocycles. The van der Waals surface area contributed by atoms with E-state index < -0.39 is 0 Å². The molecular formula is C18H19BrN2O2S. The maximum absolute atomic E-state index is 12.5. The Hall–Kier alpha value is -1.66. The standard InChI is InChI=1S/C18H19BrN2O2S/c1-12-4-5-15(14(19)11-12)20-17(22)13-6-8-21(9-7-13)18(23)16-3-2-10-24-16/h2-5,10-11,13H,6-9H2,1H3,(H,20,22). The maximum atomic E-state index is 12.5. The van der Waals surface area contributed by atoms with Crippen molar-refractivity contribution in [3.05, 3.63) is 50.6 Å². The first kappa shape index (κ1) is 17.2. The number of hydrogen-bond donors (Lipinski definition) is 1. The number of carbonyl (C=O) groups is 2. The minimum atomic E-state index is -0.0504. The lowest BCUT2D eigenvalue weighted by atomic mass is 9.95. The molecule has 24 heavy (non-hydrogen) atoms. The molecule has 4 nitrogen and oxygen atoms in total. The predicted molar refractivity (Wildman–Crippen MR) is 100 cm³/mol. The number of rotatable bonds is 3. The Morgan fingerprint density at radius 3 is 2.62 bits per heavy atom. The molecule has 126 valence electrons. The summed E-state index contributed by atoms with van der Waals surface area (Å²) < 4.78 is 0.890. The maximum Gasteiger partial charge on any atom is 0.263 e. The fourth-order valence-electron chi connectivity index (χ4n) is 2.86. The van der Waals surface area contributed by atoms with Crippen molar-refractivity contribution in [3.8, 4) is 0 Å². The van der Waals surface area contributed by atoms with Gasteiger partial charge in [0.1, 0.15) is 0 Å². The predicted octanol–water partition coefficient (Wildman–Crippen LogP) is 4.31. The second-order valence-electron chi connectivity index (χ2n) is 6.02. The van der Waals surface area contributed by atoms with Crippen LogP contribution in [0.2, 0.25) is 0 Å². The number of halogens is 1. The molecule has 6 heteroatoms. The van der Waals surface area contributed by atoms with E-state index in [0.717, 1.165) is 20.6 Å². The van der Waals surface area contributed by atoms with Crippen LogP contribution in [-0.2, 0) is 4.79 Å². The van der Waals surface area contributed by atoms with Crippen molar-refractivity contribution < 1.29 is 9.59 Å². The van der Waals surface area contributed by atoms with Gasteiger partial charge in [0.25, 0.3) is 5.91 Å². The minimum absolute atomic E-state index is 0.0303. The zero-order valence-electron chi connectivity index (χ0n) is 13.4. The highest BCUT2D eigenvalue weighted by Gasteiger charge is 2.28. The number of hydrogen-bond acceptors (Lipinski definition) is 3. The molecule has 0 radical (unpaired) electrons. The summed E-state index contributed by atoms with van der Waals surface area (Å²) >= 11 is 4.94. The summed E-state index contributed by atoms with van der Waals surface area (Å²) in [5, 5.41) is 4.90. The van der Waals surface area contributed by atoms with Gasteiger partial charge in [0, 0.05) is 23.5 Å². The third-order valence-electron chi connectivity index (χ3n) is 4.27. The Balaban J connectivity index is 1.56. The quantitative estimate of drug-likeness (QED) is 0.825. The topological polar surface area (TPSA) is 49.4 Å². The molecule has 1 aromatic carbocycles. The number of carbonyl (C=O) groups excluding carboxylic acids is 2. The number of benzene rings is 1. The monoisotopic (exact) mass is 406 g/mol. The van der Waals surface area contributed by atoms with Gasteiger partial charge in [-0.05, 0) is 64.8 Å². The van der Waals surface area contributed by atoms with Crippen LogP contribution in [0.15, 0.2) is 40.2 Å². The average Bonchev–Trinajstić information content (AvgIpc) is 3.11. The third kappa shape index (κ3) is 3.87. The second-order valence-corrected chi connectivity index (χ2v) is 7.82. The van der Waals surface area contributed by atoms with Crippen molar-refractivity contribution in [1.29, 1.82) is 0 Å². The van der Waals surface area contributed by atoms with E-state index in [4.69, 9.17) is 0 Å². The average molecular weight is 407 g/mol. The highest BCUT2D eigenvalue weighted by molar-refractivity contribution is 9.10. The lowest BCUT2D eigenvalue weighted by molar-refractivity contribution is -0.121. The summed E-state index contributed by atoms with van der Waals surface area (Å²) in [6, 6.07) is 9.60. The van der Waals surface area contributed by atoms with Crippen LogP contribution in [0.1, 0.15) is 28.1 Å². The van der Waals surface area contributed by atoms with Gasteiger partial charge in [-0.2, -0.15) is 0 Å². The van der Waals surface area contributed by atoms with E-state index in [1.165, 1.54) is 11.3 Å². The zero-order valence-corrected chi connectivity index (χ0v) is 15.8. The van der Waals surface area contributed by atoms with Crippen LogP contribution in [0.25, 0.3) is 0 Å². The molecule has 1 aliphatic rings. The van der Waals surface area contributed by atoms with Gasteiger partial charge in [-0.1, -0.05) is 12.1 Å². The number of amides is 2. The van der Waals surface area contributed by atoms with Gasteiger partial charge < -0.3 is 10.2 Å². The summed E-state index contributed by atoms with van der Waals surface area (Å²) in [6.07, 6.45) is 1.40. The molecule has 2 aromatic rings. The second kappa shape index (κ2) is 7.49. The molecule has 0 aliphatic carbocycles. The van der Waals surface area contributed by atoms with Crippen molar-refractivity contribution in [2.75, 3.05) is 18.4 Å². The largest absolute Gasteiger partial charge is 0.338 e. The summed E-state index contributed by atoms with van der Waals surface area (Å²) in [6.45, 7) is 3.27. The molecule has 0 unspecified atom stereocenters. The number of aryl methyl sites for hydroxylation is 1. The summed E-state index contributed by atoms with van der Waals surface area (Å²) in [7, 11) is 0. The first-order chi connectivity index (χ1) is 11.5. The van der Waals surface area contributed by atoms with Crippen LogP contribution < -0.4 is 5.32 Å². The molecule has 2 amide bonds. The summed E-state index contributed by atoms with van der Waals surface area (Å²) in [5.74, 6) is 0.0542. The van der Waals surface area contributed by atoms with E-state index in [1.54, 1.807) is 0 Å². The molecule has 0 atom stereocenters. The molecule has 0 saturated carbocycles. The fraction of sp³-hybridized carbons (Fsp3) is 0.333. The number of piperidine rings is 1. The Morgan fingerprint density at radius 2 is 2.00 bits per heavy atom. The van der Waals surface area contributed by atoms with Crippen molar-refractivity contribution >= 4 is 44.8 Å². The van der Waals surface area contributed by atoms with Crippen molar-refractivity contribution in [1.82, 2.24) is 4.90 Å². The van der Waals surface area contributed by atoms with Gasteiger partial charge >= 0.3 is 0 Å². The Kier molecular flexibility index (Phi) is 5.36. The Bertz CT molecular complexity index is 737. The lowest BCUT2D eigenvalue weighted by Gasteiger charge is -2.31. The smallest absolute Gasteiger partial charge is 0.263 e. The Labute approximate surface area is 154 Å². The molecule has 3 rings (SSSR count). The molecule has 0 spiro atoms. The van der Waals surface area contributed by atoms with Crippen LogP contribution in [0.4, 0.5) is 5.69 Å². The van der Waals surface area contributed by atoms with Gasteiger partial charge in [0.2, 0.25) is 5.91 Å². The number of anilines is 1. The first-order valence-electron chi connectivity index (χ1n) is 7.94. The molecule has 1 saturated heterocycles. The molecular weight excluding hydrogens is 388 g/mol. The molecule has 2 heterocycles. The highest BCUT2D eigenvalue weighted by atomic mass is 79.9. The van der Waals surface area contributed by atoms with E-state index in [-0.39, 0.29) is 17.7 Å². The third-order valence-corrected chi connectivity index (χ3v) is 5.78. The number of likely N-dealkylation sites (tertiary alicyclic amines) is 1. The molecule has 1 N–H and O–H groups in total. The van der Waals surface area contributed by atoms with Gasteiger partial charge in [-0.25, -0.2) is 0 Å². The number of thiophene rings is 1.